The lowest BCUT2D eigenvalue weighted by molar-refractivity contribution is 0.185. The van der Waals surface area contributed by atoms with E-state index in [9.17, 15) is 0 Å². The first-order valence-electron chi connectivity index (χ1n) is 6.68. The van der Waals surface area contributed by atoms with Crippen molar-refractivity contribution in [2.24, 2.45) is 5.92 Å². The molecule has 1 fully saturated rings. The number of nitrogens with zero attached hydrogens (tertiary/aromatic N) is 1. The lowest BCUT2D eigenvalue weighted by Gasteiger charge is -2.30. The second kappa shape index (κ2) is 5.88. The first-order chi connectivity index (χ1) is 8.19. The standard InChI is InChI=1S/C15H22ClN/c1-3-14-5-4-13(10-15(14)16)11-17-8-6-12(2)7-9-17/h4-5,10,12H,3,6-9,11H2,1-2H3. The van der Waals surface area contributed by atoms with E-state index in [4.69, 9.17) is 11.6 Å². The zero-order chi connectivity index (χ0) is 12.3. The minimum atomic E-state index is 0.900. The molecule has 0 atom stereocenters. The lowest BCUT2D eigenvalue weighted by atomic mass is 9.98. The van der Waals surface area contributed by atoms with Gasteiger partial charge in [0.2, 0.25) is 0 Å². The van der Waals surface area contributed by atoms with Gasteiger partial charge in [0.25, 0.3) is 0 Å². The van der Waals surface area contributed by atoms with Gasteiger partial charge in [-0.05, 0) is 55.5 Å². The molecule has 0 saturated carbocycles. The second-order valence-corrected chi connectivity index (χ2v) is 5.65. The maximum absolute atomic E-state index is 6.25. The Bertz CT molecular complexity index is 367. The highest BCUT2D eigenvalue weighted by molar-refractivity contribution is 6.31. The van der Waals surface area contributed by atoms with Crippen LogP contribution in [0.2, 0.25) is 5.02 Å². The Morgan fingerprint density at radius 1 is 1.29 bits per heavy atom. The number of likely N-dealkylation sites (tertiary alicyclic amines) is 1. The molecule has 1 aromatic rings. The van der Waals surface area contributed by atoms with Gasteiger partial charge in [0.1, 0.15) is 0 Å². The van der Waals surface area contributed by atoms with E-state index < -0.39 is 0 Å². The summed E-state index contributed by atoms with van der Waals surface area (Å²) in [6.07, 6.45) is 3.68. The van der Waals surface area contributed by atoms with Gasteiger partial charge in [0.15, 0.2) is 0 Å². The Morgan fingerprint density at radius 3 is 2.59 bits per heavy atom. The lowest BCUT2D eigenvalue weighted by Crippen LogP contribution is -2.32. The van der Waals surface area contributed by atoms with Gasteiger partial charge in [-0.3, -0.25) is 4.90 Å². The van der Waals surface area contributed by atoms with E-state index in [2.05, 4.69) is 36.9 Å². The number of halogens is 1. The summed E-state index contributed by atoms with van der Waals surface area (Å²) in [5.41, 5.74) is 2.60. The van der Waals surface area contributed by atoms with Crippen LogP contribution in [0.5, 0.6) is 0 Å². The topological polar surface area (TPSA) is 3.24 Å². The molecule has 0 radical (unpaired) electrons. The normalized spacial score (nSPS) is 18.5. The van der Waals surface area contributed by atoms with Crippen molar-refractivity contribution in [3.05, 3.63) is 34.3 Å². The van der Waals surface area contributed by atoms with E-state index in [0.29, 0.717) is 0 Å². The number of rotatable bonds is 3. The van der Waals surface area contributed by atoms with Crippen LogP contribution in [-0.4, -0.2) is 18.0 Å². The molecule has 0 bridgehead atoms. The van der Waals surface area contributed by atoms with Crippen LogP contribution in [0.4, 0.5) is 0 Å². The highest BCUT2D eigenvalue weighted by atomic mass is 35.5. The summed E-state index contributed by atoms with van der Waals surface area (Å²) < 4.78 is 0. The zero-order valence-electron chi connectivity index (χ0n) is 10.9. The van der Waals surface area contributed by atoms with Gasteiger partial charge in [-0.2, -0.15) is 0 Å². The van der Waals surface area contributed by atoms with E-state index in [0.717, 1.165) is 23.9 Å². The fourth-order valence-electron chi connectivity index (χ4n) is 2.45. The molecule has 1 aliphatic rings. The van der Waals surface area contributed by atoms with Crippen LogP contribution in [0.25, 0.3) is 0 Å². The molecular weight excluding hydrogens is 230 g/mol. The molecule has 0 aromatic heterocycles. The Morgan fingerprint density at radius 2 is 2.00 bits per heavy atom. The molecule has 1 saturated heterocycles. The summed E-state index contributed by atoms with van der Waals surface area (Å²) in [4.78, 5) is 2.54. The maximum atomic E-state index is 6.25. The van der Waals surface area contributed by atoms with Crippen LogP contribution in [0.15, 0.2) is 18.2 Å². The molecule has 0 spiro atoms. The molecule has 0 aliphatic carbocycles. The Balaban J connectivity index is 1.97. The first-order valence-corrected chi connectivity index (χ1v) is 7.06. The number of benzene rings is 1. The van der Waals surface area contributed by atoms with Crippen LogP contribution in [-0.2, 0) is 13.0 Å². The van der Waals surface area contributed by atoms with Crippen LogP contribution >= 0.6 is 11.6 Å². The first kappa shape index (κ1) is 12.9. The van der Waals surface area contributed by atoms with Gasteiger partial charge < -0.3 is 0 Å². The smallest absolute Gasteiger partial charge is 0.0441 e. The molecule has 1 heterocycles. The highest BCUT2D eigenvalue weighted by Gasteiger charge is 2.15. The zero-order valence-corrected chi connectivity index (χ0v) is 11.6. The SMILES string of the molecule is CCc1ccc(CN2CCC(C)CC2)cc1Cl. The van der Waals surface area contributed by atoms with Crippen LogP contribution < -0.4 is 0 Å². The van der Waals surface area contributed by atoms with Crippen molar-refractivity contribution in [2.75, 3.05) is 13.1 Å². The predicted molar refractivity (Wildman–Crippen MR) is 74.5 cm³/mol. The predicted octanol–water partition coefficient (Wildman–Crippen LogP) is 4.13. The number of hydrogen-bond acceptors (Lipinski definition) is 1. The second-order valence-electron chi connectivity index (χ2n) is 5.24. The van der Waals surface area contributed by atoms with Crippen LogP contribution in [0, 0.1) is 5.92 Å². The molecule has 0 unspecified atom stereocenters. The van der Waals surface area contributed by atoms with Gasteiger partial charge in [-0.25, -0.2) is 0 Å². The van der Waals surface area contributed by atoms with E-state index in [1.54, 1.807) is 0 Å². The molecule has 1 aromatic carbocycles. The van der Waals surface area contributed by atoms with Gasteiger partial charge in [-0.15, -0.1) is 0 Å². The molecule has 1 nitrogen and oxygen atoms in total. The van der Waals surface area contributed by atoms with Gasteiger partial charge in [0, 0.05) is 11.6 Å². The fourth-order valence-corrected chi connectivity index (χ4v) is 2.79. The third-order valence-corrected chi connectivity index (χ3v) is 4.13. The van der Waals surface area contributed by atoms with Crippen molar-refractivity contribution >= 4 is 11.6 Å². The molecule has 0 N–H and O–H groups in total. The van der Waals surface area contributed by atoms with Crippen molar-refractivity contribution in [2.45, 2.75) is 39.7 Å². The molecular formula is C15H22ClN. The van der Waals surface area contributed by atoms with Crippen LogP contribution in [0.1, 0.15) is 37.8 Å². The minimum Gasteiger partial charge on any atom is -0.299 e. The van der Waals surface area contributed by atoms with E-state index in [1.165, 1.54) is 37.1 Å². The largest absolute Gasteiger partial charge is 0.299 e. The third kappa shape index (κ3) is 3.46. The Labute approximate surface area is 110 Å². The van der Waals surface area contributed by atoms with Gasteiger partial charge in [-0.1, -0.05) is 37.6 Å². The van der Waals surface area contributed by atoms with Crippen molar-refractivity contribution in [3.63, 3.8) is 0 Å². The van der Waals surface area contributed by atoms with E-state index in [-0.39, 0.29) is 0 Å². The summed E-state index contributed by atoms with van der Waals surface area (Å²) in [6.45, 7) is 8.01. The van der Waals surface area contributed by atoms with Crippen molar-refractivity contribution < 1.29 is 0 Å². The summed E-state index contributed by atoms with van der Waals surface area (Å²) >= 11 is 6.25. The minimum absolute atomic E-state index is 0.900. The molecule has 2 rings (SSSR count). The van der Waals surface area contributed by atoms with Crippen LogP contribution in [0.3, 0.4) is 0 Å². The molecule has 17 heavy (non-hydrogen) atoms. The molecule has 94 valence electrons. The maximum Gasteiger partial charge on any atom is 0.0441 e. The average molecular weight is 252 g/mol. The van der Waals surface area contributed by atoms with Gasteiger partial charge >= 0.3 is 0 Å². The van der Waals surface area contributed by atoms with Crippen molar-refractivity contribution in [1.82, 2.24) is 4.90 Å². The monoisotopic (exact) mass is 251 g/mol. The van der Waals surface area contributed by atoms with Crippen molar-refractivity contribution in [3.8, 4) is 0 Å². The summed E-state index contributed by atoms with van der Waals surface area (Å²) in [5, 5.41) is 0.926. The Kier molecular flexibility index (Phi) is 4.47. The van der Waals surface area contributed by atoms with Gasteiger partial charge in [0.05, 0.1) is 0 Å². The average Bonchev–Trinajstić information content (AvgIpc) is 2.32. The number of piperidine rings is 1. The number of aryl methyl sites for hydroxylation is 1. The summed E-state index contributed by atoms with van der Waals surface area (Å²) in [7, 11) is 0. The molecule has 1 aliphatic heterocycles. The van der Waals surface area contributed by atoms with Crippen molar-refractivity contribution in [1.29, 1.82) is 0 Å². The molecule has 0 amide bonds. The molecule has 2 heteroatoms. The van der Waals surface area contributed by atoms with E-state index in [1.807, 2.05) is 0 Å². The highest BCUT2D eigenvalue weighted by Crippen LogP contribution is 2.22. The number of hydrogen-bond donors (Lipinski definition) is 0. The third-order valence-electron chi connectivity index (χ3n) is 3.78. The fraction of sp³-hybridized carbons (Fsp3) is 0.600. The summed E-state index contributed by atoms with van der Waals surface area (Å²) in [5.74, 6) is 0.900. The quantitative estimate of drug-likeness (QED) is 0.781. The summed E-state index contributed by atoms with van der Waals surface area (Å²) in [6, 6.07) is 6.53. The Hall–Kier alpha value is -0.530. The van der Waals surface area contributed by atoms with E-state index >= 15 is 0 Å².